The maximum Gasteiger partial charge on any atom is 0.0611 e. The van der Waals surface area contributed by atoms with Crippen molar-refractivity contribution in [3.05, 3.63) is 0 Å². The van der Waals surface area contributed by atoms with Crippen LogP contribution in [0.4, 0.5) is 0 Å². The Bertz CT molecular complexity index is 249. The van der Waals surface area contributed by atoms with E-state index in [1.807, 2.05) is 0 Å². The van der Waals surface area contributed by atoms with Gasteiger partial charge < -0.3 is 15.7 Å². The molecule has 3 N–H and O–H groups in total. The first kappa shape index (κ1) is 13.3. The molecule has 2 aliphatic rings. The Labute approximate surface area is 105 Å². The number of aliphatic hydroxyl groups is 1. The number of likely N-dealkylation sites (N-methyl/N-ethyl adjacent to an activating group) is 1. The van der Waals surface area contributed by atoms with Crippen molar-refractivity contribution in [2.24, 2.45) is 5.73 Å². The minimum atomic E-state index is -0.318. The molecule has 0 amide bonds. The number of hydrogen-bond donors (Lipinski definition) is 2. The summed E-state index contributed by atoms with van der Waals surface area (Å²) in [7, 11) is 2.20. The summed E-state index contributed by atoms with van der Waals surface area (Å²) in [6.07, 6.45) is 5.61. The van der Waals surface area contributed by atoms with Crippen LogP contribution >= 0.6 is 0 Å². The maximum absolute atomic E-state index is 9.41. The van der Waals surface area contributed by atoms with Crippen LogP contribution in [-0.4, -0.2) is 66.3 Å². The molecule has 0 aromatic carbocycles. The highest BCUT2D eigenvalue weighted by molar-refractivity contribution is 4.94. The quantitative estimate of drug-likeness (QED) is 0.728. The van der Waals surface area contributed by atoms with Gasteiger partial charge in [-0.1, -0.05) is 0 Å². The van der Waals surface area contributed by atoms with Gasteiger partial charge in [0.25, 0.3) is 0 Å². The monoisotopic (exact) mass is 241 g/mol. The molecule has 1 saturated heterocycles. The van der Waals surface area contributed by atoms with Gasteiger partial charge in [0.05, 0.1) is 6.61 Å². The zero-order chi connectivity index (χ0) is 12.3. The zero-order valence-electron chi connectivity index (χ0n) is 11.1. The molecule has 0 bridgehead atoms. The van der Waals surface area contributed by atoms with Crippen LogP contribution in [0.3, 0.4) is 0 Å². The lowest BCUT2D eigenvalue weighted by Gasteiger charge is -2.41. The summed E-state index contributed by atoms with van der Waals surface area (Å²) in [5, 5.41) is 9.41. The average molecular weight is 241 g/mol. The molecule has 0 radical (unpaired) electrons. The number of nitrogens with two attached hydrogens (primary N) is 1. The molecule has 0 aromatic heterocycles. The fraction of sp³-hybridized carbons (Fsp3) is 1.00. The summed E-state index contributed by atoms with van der Waals surface area (Å²) >= 11 is 0. The van der Waals surface area contributed by atoms with Crippen LogP contribution in [0.25, 0.3) is 0 Å². The van der Waals surface area contributed by atoms with Crippen molar-refractivity contribution >= 4 is 0 Å². The van der Waals surface area contributed by atoms with Gasteiger partial charge in [0.15, 0.2) is 0 Å². The lowest BCUT2D eigenvalue weighted by atomic mass is 9.79. The third-order valence-corrected chi connectivity index (χ3v) is 4.44. The fourth-order valence-corrected chi connectivity index (χ4v) is 3.25. The molecule has 1 saturated carbocycles. The van der Waals surface area contributed by atoms with Crippen molar-refractivity contribution in [2.75, 3.05) is 39.8 Å². The maximum atomic E-state index is 9.41. The smallest absolute Gasteiger partial charge is 0.0611 e. The van der Waals surface area contributed by atoms with Gasteiger partial charge in [-0.25, -0.2) is 0 Å². The molecule has 2 rings (SSSR count). The van der Waals surface area contributed by atoms with E-state index in [2.05, 4.69) is 16.8 Å². The van der Waals surface area contributed by atoms with Gasteiger partial charge >= 0.3 is 0 Å². The average Bonchev–Trinajstić information content (AvgIpc) is 2.54. The molecule has 2 fully saturated rings. The standard InChI is InChI=1S/C13H27N3O/c1-15-6-3-7-16(9-8-15)12-4-2-5-13(14,10-12)11-17/h12,17H,2-11,14H2,1H3. The molecule has 4 nitrogen and oxygen atoms in total. The van der Waals surface area contributed by atoms with Crippen molar-refractivity contribution in [3.63, 3.8) is 0 Å². The van der Waals surface area contributed by atoms with Crippen molar-refractivity contribution in [1.82, 2.24) is 9.80 Å². The Hall–Kier alpha value is -0.160. The van der Waals surface area contributed by atoms with Gasteiger partial charge in [0.1, 0.15) is 0 Å². The van der Waals surface area contributed by atoms with E-state index in [1.165, 1.54) is 25.9 Å². The first-order chi connectivity index (χ1) is 8.13. The molecule has 4 heteroatoms. The highest BCUT2D eigenvalue weighted by atomic mass is 16.3. The lowest BCUT2D eigenvalue weighted by Crippen LogP contribution is -2.53. The van der Waals surface area contributed by atoms with E-state index in [-0.39, 0.29) is 12.1 Å². The Morgan fingerprint density at radius 3 is 2.82 bits per heavy atom. The third kappa shape index (κ3) is 3.41. The molecule has 17 heavy (non-hydrogen) atoms. The van der Waals surface area contributed by atoms with Gasteiger partial charge in [-0.3, -0.25) is 4.90 Å². The van der Waals surface area contributed by atoms with Crippen LogP contribution < -0.4 is 5.73 Å². The topological polar surface area (TPSA) is 52.7 Å². The van der Waals surface area contributed by atoms with Gasteiger partial charge in [-0.15, -0.1) is 0 Å². The fourth-order valence-electron chi connectivity index (χ4n) is 3.25. The summed E-state index contributed by atoms with van der Waals surface area (Å²) in [5.41, 5.74) is 5.92. The van der Waals surface area contributed by atoms with Gasteiger partial charge in [-0.05, 0) is 52.2 Å². The third-order valence-electron chi connectivity index (χ3n) is 4.44. The normalized spacial score (nSPS) is 37.9. The Kier molecular flexibility index (Phi) is 4.42. The van der Waals surface area contributed by atoms with E-state index < -0.39 is 0 Å². The second-order valence-corrected chi connectivity index (χ2v) is 5.96. The largest absolute Gasteiger partial charge is 0.394 e. The zero-order valence-corrected chi connectivity index (χ0v) is 11.1. The summed E-state index contributed by atoms with van der Waals surface area (Å²) in [6, 6.07) is 0.590. The number of rotatable bonds is 2. The van der Waals surface area contributed by atoms with Crippen molar-refractivity contribution in [3.8, 4) is 0 Å². The van der Waals surface area contributed by atoms with Crippen LogP contribution in [0.1, 0.15) is 32.1 Å². The summed E-state index contributed by atoms with van der Waals surface area (Å²) in [5.74, 6) is 0. The molecular weight excluding hydrogens is 214 g/mol. The van der Waals surface area contributed by atoms with Crippen molar-refractivity contribution < 1.29 is 5.11 Å². The molecule has 0 spiro atoms. The van der Waals surface area contributed by atoms with Crippen LogP contribution in [-0.2, 0) is 0 Å². The Morgan fingerprint density at radius 2 is 2.06 bits per heavy atom. The molecule has 1 aliphatic heterocycles. The first-order valence-corrected chi connectivity index (χ1v) is 6.95. The predicted octanol–water partition coefficient (Wildman–Crippen LogP) is 0.256. The summed E-state index contributed by atoms with van der Waals surface area (Å²) < 4.78 is 0. The summed E-state index contributed by atoms with van der Waals surface area (Å²) in [4.78, 5) is 5.00. The van der Waals surface area contributed by atoms with E-state index in [0.717, 1.165) is 32.4 Å². The number of nitrogens with zero attached hydrogens (tertiary/aromatic N) is 2. The Morgan fingerprint density at radius 1 is 1.24 bits per heavy atom. The van der Waals surface area contributed by atoms with Crippen molar-refractivity contribution in [2.45, 2.75) is 43.7 Å². The minimum Gasteiger partial charge on any atom is -0.394 e. The molecule has 1 heterocycles. The highest BCUT2D eigenvalue weighted by Crippen LogP contribution is 2.29. The highest BCUT2D eigenvalue weighted by Gasteiger charge is 2.35. The lowest BCUT2D eigenvalue weighted by molar-refractivity contribution is 0.0833. The molecule has 1 aliphatic carbocycles. The van der Waals surface area contributed by atoms with E-state index >= 15 is 0 Å². The SMILES string of the molecule is CN1CCCN(C2CCCC(N)(CO)C2)CC1. The molecule has 0 aromatic rings. The molecular formula is C13H27N3O. The Balaban J connectivity index is 1.92. The summed E-state index contributed by atoms with van der Waals surface area (Å²) in [6.45, 7) is 4.85. The second kappa shape index (κ2) is 5.65. The van der Waals surface area contributed by atoms with Crippen molar-refractivity contribution in [1.29, 1.82) is 0 Å². The van der Waals surface area contributed by atoms with E-state index in [0.29, 0.717) is 6.04 Å². The van der Waals surface area contributed by atoms with Crippen LogP contribution in [0, 0.1) is 0 Å². The van der Waals surface area contributed by atoms with Crippen LogP contribution in [0.15, 0.2) is 0 Å². The molecule has 100 valence electrons. The second-order valence-electron chi connectivity index (χ2n) is 5.96. The van der Waals surface area contributed by atoms with Gasteiger partial charge in [0.2, 0.25) is 0 Å². The van der Waals surface area contributed by atoms with Crippen LogP contribution in [0.2, 0.25) is 0 Å². The van der Waals surface area contributed by atoms with Gasteiger partial charge in [0, 0.05) is 24.7 Å². The number of aliphatic hydroxyl groups excluding tert-OH is 1. The minimum absolute atomic E-state index is 0.136. The van der Waals surface area contributed by atoms with E-state index in [9.17, 15) is 5.11 Å². The van der Waals surface area contributed by atoms with Crippen LogP contribution in [0.5, 0.6) is 0 Å². The van der Waals surface area contributed by atoms with E-state index in [1.54, 1.807) is 0 Å². The molecule has 2 atom stereocenters. The van der Waals surface area contributed by atoms with Gasteiger partial charge in [-0.2, -0.15) is 0 Å². The number of hydrogen-bond acceptors (Lipinski definition) is 4. The van der Waals surface area contributed by atoms with E-state index in [4.69, 9.17) is 5.73 Å². The first-order valence-electron chi connectivity index (χ1n) is 6.95. The molecule has 2 unspecified atom stereocenters. The predicted molar refractivity (Wildman–Crippen MR) is 69.9 cm³/mol.